The van der Waals surface area contributed by atoms with Gasteiger partial charge in [-0.15, -0.1) is 0 Å². The number of imidazole rings is 1. The Hall–Kier alpha value is -3.34. The summed E-state index contributed by atoms with van der Waals surface area (Å²) in [6.07, 6.45) is 4.85. The Balaban J connectivity index is 1.49. The van der Waals surface area contributed by atoms with E-state index in [1.165, 1.54) is 5.56 Å². The molecule has 0 amide bonds. The molecule has 0 fully saturated rings. The van der Waals surface area contributed by atoms with Crippen molar-refractivity contribution < 1.29 is 4.52 Å². The van der Waals surface area contributed by atoms with E-state index in [0.717, 1.165) is 30.3 Å². The van der Waals surface area contributed by atoms with Crippen molar-refractivity contribution in [1.29, 1.82) is 10.8 Å². The molecule has 0 saturated heterocycles. The minimum Gasteiger partial charge on any atom is -0.339 e. The lowest BCUT2D eigenvalue weighted by molar-refractivity contribution is 0.374. The highest BCUT2D eigenvalue weighted by Crippen LogP contribution is 2.12. The standard InChI is InChI=1S/C23H27BrN8O2/c1-2-3-7-14-31-20-19(28-22(24)29-20)21(33)32(23(31)26)16(25)11-13-18-27-17(30-34-18)12-10-15-8-5-4-6-9-15/h4-6,8-9,25-26H,2-3,7,10-14H2,1H3,(H,28,29). The summed E-state index contributed by atoms with van der Waals surface area (Å²) in [7, 11) is 0. The highest BCUT2D eigenvalue weighted by Gasteiger charge is 2.18. The van der Waals surface area contributed by atoms with Crippen molar-refractivity contribution >= 4 is 32.9 Å². The molecule has 4 aromatic rings. The summed E-state index contributed by atoms with van der Waals surface area (Å²) in [6, 6.07) is 10.1. The lowest BCUT2D eigenvalue weighted by Gasteiger charge is -2.13. The number of rotatable bonds is 10. The first-order chi connectivity index (χ1) is 16.5. The van der Waals surface area contributed by atoms with Gasteiger partial charge in [-0.2, -0.15) is 4.98 Å². The van der Waals surface area contributed by atoms with Gasteiger partial charge in [0.15, 0.2) is 21.7 Å². The molecule has 0 aliphatic heterocycles. The van der Waals surface area contributed by atoms with Gasteiger partial charge < -0.3 is 9.51 Å². The van der Waals surface area contributed by atoms with Gasteiger partial charge in [0.2, 0.25) is 11.5 Å². The molecule has 11 heteroatoms. The fourth-order valence-corrected chi connectivity index (χ4v) is 4.19. The number of nitrogens with one attached hydrogen (secondary N) is 3. The van der Waals surface area contributed by atoms with Gasteiger partial charge in [0, 0.05) is 25.8 Å². The lowest BCUT2D eigenvalue weighted by atomic mass is 10.1. The van der Waals surface area contributed by atoms with Crippen LogP contribution in [-0.4, -0.2) is 35.1 Å². The molecule has 3 heterocycles. The molecule has 4 rings (SSSR count). The van der Waals surface area contributed by atoms with E-state index in [-0.39, 0.29) is 23.4 Å². The molecule has 0 spiro atoms. The lowest BCUT2D eigenvalue weighted by Crippen LogP contribution is -2.44. The molecule has 0 aliphatic carbocycles. The first-order valence-electron chi connectivity index (χ1n) is 11.4. The van der Waals surface area contributed by atoms with E-state index in [0.29, 0.717) is 41.5 Å². The topological polar surface area (TPSA) is 142 Å². The van der Waals surface area contributed by atoms with E-state index in [9.17, 15) is 4.79 Å². The average Bonchev–Trinajstić information content (AvgIpc) is 3.46. The molecule has 0 bridgehead atoms. The average molecular weight is 527 g/mol. The molecule has 3 aromatic heterocycles. The quantitative estimate of drug-likeness (QED) is 0.125. The van der Waals surface area contributed by atoms with Crippen LogP contribution in [0.4, 0.5) is 0 Å². The number of hydrogen-bond donors (Lipinski definition) is 3. The number of halogens is 1. The van der Waals surface area contributed by atoms with Crippen LogP contribution in [0.15, 0.2) is 44.4 Å². The van der Waals surface area contributed by atoms with Crippen LogP contribution in [0.5, 0.6) is 0 Å². The molecule has 178 valence electrons. The van der Waals surface area contributed by atoms with Crippen LogP contribution in [0.25, 0.3) is 11.2 Å². The monoisotopic (exact) mass is 526 g/mol. The maximum Gasteiger partial charge on any atom is 0.286 e. The van der Waals surface area contributed by atoms with Crippen LogP contribution in [0, 0.1) is 10.8 Å². The zero-order valence-electron chi connectivity index (χ0n) is 19.0. The summed E-state index contributed by atoms with van der Waals surface area (Å²) in [4.78, 5) is 24.7. The Labute approximate surface area is 204 Å². The molecular weight excluding hydrogens is 500 g/mol. The molecular formula is C23H27BrN8O2. The van der Waals surface area contributed by atoms with E-state index in [4.69, 9.17) is 15.3 Å². The van der Waals surface area contributed by atoms with Crippen LogP contribution >= 0.6 is 15.9 Å². The van der Waals surface area contributed by atoms with Crippen LogP contribution < -0.4 is 11.2 Å². The highest BCUT2D eigenvalue weighted by atomic mass is 79.9. The number of nitrogens with zero attached hydrogens (tertiary/aromatic N) is 5. The summed E-state index contributed by atoms with van der Waals surface area (Å²) < 4.78 is 8.55. The number of aromatic nitrogens is 6. The second-order valence-electron chi connectivity index (χ2n) is 8.09. The number of unbranched alkanes of at least 4 members (excludes halogenated alkanes) is 2. The van der Waals surface area contributed by atoms with Gasteiger partial charge in [-0.25, -0.2) is 9.55 Å². The molecule has 0 saturated carbocycles. The maximum atomic E-state index is 13.1. The van der Waals surface area contributed by atoms with Crippen LogP contribution in [0.1, 0.15) is 49.9 Å². The molecule has 34 heavy (non-hydrogen) atoms. The van der Waals surface area contributed by atoms with Gasteiger partial charge in [0.05, 0.1) is 0 Å². The normalized spacial score (nSPS) is 11.4. The van der Waals surface area contributed by atoms with Gasteiger partial charge in [0.25, 0.3) is 5.56 Å². The number of aromatic amines is 1. The van der Waals surface area contributed by atoms with E-state index in [1.807, 2.05) is 18.2 Å². The van der Waals surface area contributed by atoms with Gasteiger partial charge in [-0.05, 0) is 34.3 Å². The fourth-order valence-electron chi connectivity index (χ4n) is 3.82. The van der Waals surface area contributed by atoms with Crippen molar-refractivity contribution in [1.82, 2.24) is 29.2 Å². The summed E-state index contributed by atoms with van der Waals surface area (Å²) in [5.41, 5.74) is 1.36. The van der Waals surface area contributed by atoms with Crippen LogP contribution in [0.2, 0.25) is 0 Å². The Kier molecular flexibility index (Phi) is 7.51. The van der Waals surface area contributed by atoms with E-state index in [2.05, 4.69) is 55.1 Å². The zero-order chi connectivity index (χ0) is 24.1. The smallest absolute Gasteiger partial charge is 0.286 e. The first kappa shape index (κ1) is 23.8. The molecule has 0 aliphatic rings. The second kappa shape index (κ2) is 10.7. The van der Waals surface area contributed by atoms with Crippen LogP contribution in [0.3, 0.4) is 0 Å². The summed E-state index contributed by atoms with van der Waals surface area (Å²) >= 11 is 3.28. The number of H-pyrrole nitrogens is 1. The molecule has 10 nitrogen and oxygen atoms in total. The summed E-state index contributed by atoms with van der Waals surface area (Å²) in [5.74, 6) is 1.02. The van der Waals surface area contributed by atoms with Crippen molar-refractivity contribution in [2.24, 2.45) is 0 Å². The Morgan fingerprint density at radius 3 is 2.71 bits per heavy atom. The third-order valence-electron chi connectivity index (χ3n) is 5.62. The van der Waals surface area contributed by atoms with Crippen molar-refractivity contribution in [3.8, 4) is 0 Å². The minimum atomic E-state index is -0.468. The molecule has 0 atom stereocenters. The van der Waals surface area contributed by atoms with Gasteiger partial charge in [0.1, 0.15) is 5.84 Å². The van der Waals surface area contributed by atoms with Gasteiger partial charge >= 0.3 is 0 Å². The van der Waals surface area contributed by atoms with E-state index < -0.39 is 5.56 Å². The third-order valence-corrected chi connectivity index (χ3v) is 5.99. The van der Waals surface area contributed by atoms with E-state index in [1.54, 1.807) is 4.57 Å². The number of fused-ring (bicyclic) bond motifs is 1. The number of hydrogen-bond acceptors (Lipinski definition) is 7. The largest absolute Gasteiger partial charge is 0.339 e. The van der Waals surface area contributed by atoms with Crippen molar-refractivity contribution in [2.45, 2.75) is 58.4 Å². The predicted molar refractivity (Wildman–Crippen MR) is 131 cm³/mol. The second-order valence-corrected chi connectivity index (χ2v) is 8.84. The summed E-state index contributed by atoms with van der Waals surface area (Å²) in [5, 5.41) is 21.2. The Bertz CT molecular complexity index is 1400. The predicted octanol–water partition coefficient (Wildman–Crippen LogP) is 3.58. The van der Waals surface area contributed by atoms with E-state index >= 15 is 0 Å². The van der Waals surface area contributed by atoms with Crippen molar-refractivity contribution in [3.63, 3.8) is 0 Å². The zero-order valence-corrected chi connectivity index (χ0v) is 20.6. The highest BCUT2D eigenvalue weighted by molar-refractivity contribution is 9.10. The SMILES string of the molecule is CCCCCn1c(=N)n(C(=N)CCc2nc(CCc3ccccc3)no2)c(=O)c2[nH]c(Br)nc21. The molecule has 3 N–H and O–H groups in total. The summed E-state index contributed by atoms with van der Waals surface area (Å²) in [6.45, 7) is 2.65. The van der Waals surface area contributed by atoms with Gasteiger partial charge in [-0.1, -0.05) is 55.3 Å². The fraction of sp³-hybridized carbons (Fsp3) is 0.391. The molecule has 1 aromatic carbocycles. The van der Waals surface area contributed by atoms with Crippen molar-refractivity contribution in [2.75, 3.05) is 0 Å². The first-order valence-corrected chi connectivity index (χ1v) is 12.2. The van der Waals surface area contributed by atoms with Crippen LogP contribution in [-0.2, 0) is 25.8 Å². The number of benzene rings is 1. The molecule has 0 unspecified atom stereocenters. The Morgan fingerprint density at radius 2 is 1.94 bits per heavy atom. The Morgan fingerprint density at radius 1 is 1.15 bits per heavy atom. The van der Waals surface area contributed by atoms with Gasteiger partial charge in [-0.3, -0.25) is 20.2 Å². The number of aryl methyl sites for hydroxylation is 4. The van der Waals surface area contributed by atoms with Crippen molar-refractivity contribution in [3.05, 3.63) is 68.3 Å². The molecule has 0 radical (unpaired) electrons. The maximum absolute atomic E-state index is 13.1. The minimum absolute atomic E-state index is 0.00380. The third kappa shape index (κ3) is 5.24.